The van der Waals surface area contributed by atoms with Gasteiger partial charge in [-0.05, 0) is 42.2 Å². The quantitative estimate of drug-likeness (QED) is 0.788. The molecule has 0 aliphatic heterocycles. The van der Waals surface area contributed by atoms with E-state index in [0.717, 1.165) is 18.7 Å². The fourth-order valence-corrected chi connectivity index (χ4v) is 2.36. The second-order valence-corrected chi connectivity index (χ2v) is 5.52. The summed E-state index contributed by atoms with van der Waals surface area (Å²) in [5.41, 5.74) is 4.11. The molecule has 19 heavy (non-hydrogen) atoms. The highest BCUT2D eigenvalue weighted by atomic mass is 16.5. The topological polar surface area (TPSA) is 14.2 Å². The number of nitrogens with zero attached hydrogens (tertiary/aromatic N) is 1. The van der Waals surface area contributed by atoms with E-state index in [4.69, 9.17) is 4.74 Å². The van der Waals surface area contributed by atoms with Gasteiger partial charge in [-0.25, -0.2) is 0 Å². The molecule has 0 saturated heterocycles. The predicted molar refractivity (Wildman–Crippen MR) is 79.8 cm³/mol. The minimum absolute atomic E-state index is 0.668. The molecule has 2 aromatic rings. The molecule has 0 atom stereocenters. The average molecular weight is 257 g/mol. The number of rotatable bonds is 5. The van der Waals surface area contributed by atoms with Crippen molar-refractivity contribution in [3.05, 3.63) is 53.3 Å². The minimum atomic E-state index is 0.668. The van der Waals surface area contributed by atoms with Gasteiger partial charge in [0.1, 0.15) is 5.75 Å². The molecule has 102 valence electrons. The zero-order valence-corrected chi connectivity index (χ0v) is 12.3. The van der Waals surface area contributed by atoms with Crippen LogP contribution in [0, 0.1) is 12.8 Å². The smallest absolute Gasteiger partial charge is 0.118 e. The highest BCUT2D eigenvalue weighted by Crippen LogP contribution is 2.19. The molecule has 0 N–H and O–H groups in total. The van der Waals surface area contributed by atoms with Crippen molar-refractivity contribution in [3.63, 3.8) is 0 Å². The number of methoxy groups -OCH3 is 1. The molecule has 2 nitrogen and oxygen atoms in total. The summed E-state index contributed by atoms with van der Waals surface area (Å²) in [7, 11) is 1.70. The summed E-state index contributed by atoms with van der Waals surface area (Å²) in [6.07, 6.45) is 3.18. The van der Waals surface area contributed by atoms with E-state index in [1.165, 1.54) is 16.8 Å². The van der Waals surface area contributed by atoms with E-state index in [-0.39, 0.29) is 0 Å². The van der Waals surface area contributed by atoms with E-state index in [1.54, 1.807) is 7.11 Å². The number of aromatic nitrogens is 1. The number of ether oxygens (including phenoxy) is 1. The monoisotopic (exact) mass is 257 g/mol. The highest BCUT2D eigenvalue weighted by Gasteiger charge is 2.08. The van der Waals surface area contributed by atoms with Gasteiger partial charge in [-0.2, -0.15) is 0 Å². The van der Waals surface area contributed by atoms with Gasteiger partial charge in [0, 0.05) is 24.9 Å². The standard InChI is InChI=1S/C17H23NO/c1-13(2)12-18-10-9-14(3)17(18)11-15-5-7-16(19-4)8-6-15/h5-10,13H,11-12H2,1-4H3. The summed E-state index contributed by atoms with van der Waals surface area (Å²) in [6, 6.07) is 10.6. The fraction of sp³-hybridized carbons (Fsp3) is 0.412. The van der Waals surface area contributed by atoms with Crippen molar-refractivity contribution >= 4 is 0 Å². The van der Waals surface area contributed by atoms with Crippen LogP contribution in [0.3, 0.4) is 0 Å². The molecule has 0 bridgehead atoms. The van der Waals surface area contributed by atoms with Gasteiger partial charge in [0.15, 0.2) is 0 Å². The molecule has 0 amide bonds. The SMILES string of the molecule is COc1ccc(Cc2c(C)ccn2CC(C)C)cc1. The second-order valence-electron chi connectivity index (χ2n) is 5.52. The van der Waals surface area contributed by atoms with Crippen molar-refractivity contribution in [2.45, 2.75) is 33.7 Å². The maximum absolute atomic E-state index is 5.20. The molecule has 0 saturated carbocycles. The van der Waals surface area contributed by atoms with Gasteiger partial charge in [0.25, 0.3) is 0 Å². The third kappa shape index (κ3) is 3.40. The lowest BCUT2D eigenvalue weighted by molar-refractivity contribution is 0.414. The van der Waals surface area contributed by atoms with E-state index in [1.807, 2.05) is 12.1 Å². The van der Waals surface area contributed by atoms with Gasteiger partial charge in [0.2, 0.25) is 0 Å². The molecule has 1 aromatic carbocycles. The van der Waals surface area contributed by atoms with Crippen LogP contribution in [0.25, 0.3) is 0 Å². The first-order chi connectivity index (χ1) is 9.10. The van der Waals surface area contributed by atoms with Crippen molar-refractivity contribution in [3.8, 4) is 5.75 Å². The first-order valence-electron chi connectivity index (χ1n) is 6.87. The molecule has 1 aromatic heterocycles. The van der Waals surface area contributed by atoms with E-state index < -0.39 is 0 Å². The third-order valence-corrected chi connectivity index (χ3v) is 3.40. The maximum Gasteiger partial charge on any atom is 0.118 e. The number of hydrogen-bond acceptors (Lipinski definition) is 1. The van der Waals surface area contributed by atoms with Crippen LogP contribution < -0.4 is 4.74 Å². The van der Waals surface area contributed by atoms with Crippen molar-refractivity contribution < 1.29 is 4.74 Å². The van der Waals surface area contributed by atoms with E-state index in [2.05, 4.69) is 49.7 Å². The molecular weight excluding hydrogens is 234 g/mol. The third-order valence-electron chi connectivity index (χ3n) is 3.40. The molecule has 0 aliphatic rings. The van der Waals surface area contributed by atoms with Gasteiger partial charge in [0.05, 0.1) is 7.11 Å². The van der Waals surface area contributed by atoms with Gasteiger partial charge in [-0.15, -0.1) is 0 Å². The summed E-state index contributed by atoms with van der Waals surface area (Å²) >= 11 is 0. The Morgan fingerprint density at radius 2 is 1.79 bits per heavy atom. The Labute approximate surface area is 116 Å². The predicted octanol–water partition coefficient (Wildman–Crippen LogP) is 4.05. The molecule has 2 heteroatoms. The zero-order chi connectivity index (χ0) is 13.8. The molecule has 2 rings (SSSR count). The van der Waals surface area contributed by atoms with Crippen LogP contribution in [0.4, 0.5) is 0 Å². The largest absolute Gasteiger partial charge is 0.497 e. The molecule has 0 radical (unpaired) electrons. The van der Waals surface area contributed by atoms with E-state index >= 15 is 0 Å². The summed E-state index contributed by atoms with van der Waals surface area (Å²) in [4.78, 5) is 0. The van der Waals surface area contributed by atoms with Crippen LogP contribution in [0.5, 0.6) is 5.75 Å². The Hall–Kier alpha value is -1.70. The van der Waals surface area contributed by atoms with Gasteiger partial charge < -0.3 is 9.30 Å². The van der Waals surface area contributed by atoms with Crippen LogP contribution in [0.15, 0.2) is 36.5 Å². The summed E-state index contributed by atoms with van der Waals surface area (Å²) in [6.45, 7) is 7.79. The van der Waals surface area contributed by atoms with Crippen molar-refractivity contribution in [2.75, 3.05) is 7.11 Å². The Bertz CT molecular complexity index is 523. The molecule has 0 aliphatic carbocycles. The van der Waals surface area contributed by atoms with Crippen molar-refractivity contribution in [2.24, 2.45) is 5.92 Å². The van der Waals surface area contributed by atoms with Crippen molar-refractivity contribution in [1.29, 1.82) is 0 Å². The molecular formula is C17H23NO. The lowest BCUT2D eigenvalue weighted by atomic mass is 10.1. The van der Waals surface area contributed by atoms with E-state index in [0.29, 0.717) is 5.92 Å². The molecule has 1 heterocycles. The number of benzene rings is 1. The van der Waals surface area contributed by atoms with Crippen LogP contribution in [0.2, 0.25) is 0 Å². The first-order valence-corrected chi connectivity index (χ1v) is 6.87. The second kappa shape index (κ2) is 5.96. The summed E-state index contributed by atoms with van der Waals surface area (Å²) in [5.74, 6) is 1.58. The number of aryl methyl sites for hydroxylation is 1. The van der Waals surface area contributed by atoms with E-state index in [9.17, 15) is 0 Å². The van der Waals surface area contributed by atoms with Crippen LogP contribution in [-0.4, -0.2) is 11.7 Å². The lowest BCUT2D eigenvalue weighted by Gasteiger charge is -2.13. The first kappa shape index (κ1) is 13.7. The zero-order valence-electron chi connectivity index (χ0n) is 12.3. The minimum Gasteiger partial charge on any atom is -0.497 e. The Balaban J connectivity index is 2.19. The Morgan fingerprint density at radius 1 is 1.11 bits per heavy atom. The summed E-state index contributed by atoms with van der Waals surface area (Å²) < 4.78 is 7.58. The molecule has 0 fully saturated rings. The van der Waals surface area contributed by atoms with Gasteiger partial charge in [-0.1, -0.05) is 26.0 Å². The normalized spacial score (nSPS) is 11.0. The number of hydrogen-bond donors (Lipinski definition) is 0. The molecule has 0 unspecified atom stereocenters. The van der Waals surface area contributed by atoms with Crippen LogP contribution in [0.1, 0.15) is 30.7 Å². The van der Waals surface area contributed by atoms with Crippen LogP contribution >= 0.6 is 0 Å². The summed E-state index contributed by atoms with van der Waals surface area (Å²) in [5, 5.41) is 0. The Kier molecular flexibility index (Phi) is 4.31. The van der Waals surface area contributed by atoms with Crippen molar-refractivity contribution in [1.82, 2.24) is 4.57 Å². The highest BCUT2D eigenvalue weighted by molar-refractivity contribution is 5.32. The Morgan fingerprint density at radius 3 is 2.37 bits per heavy atom. The van der Waals surface area contributed by atoms with Crippen LogP contribution in [-0.2, 0) is 13.0 Å². The molecule has 0 spiro atoms. The lowest BCUT2D eigenvalue weighted by Crippen LogP contribution is -2.08. The van der Waals surface area contributed by atoms with Gasteiger partial charge in [-0.3, -0.25) is 0 Å². The van der Waals surface area contributed by atoms with Gasteiger partial charge >= 0.3 is 0 Å². The maximum atomic E-state index is 5.20. The average Bonchev–Trinajstić information content (AvgIpc) is 2.72. The fourth-order valence-electron chi connectivity index (χ4n) is 2.36.